The van der Waals surface area contributed by atoms with Gasteiger partial charge in [-0.2, -0.15) is 0 Å². The third-order valence-electron chi connectivity index (χ3n) is 4.41. The summed E-state index contributed by atoms with van der Waals surface area (Å²) in [5, 5.41) is 8.43. The van der Waals surface area contributed by atoms with E-state index in [1.54, 1.807) is 23.5 Å². The smallest absolute Gasteiger partial charge is 0.256 e. The van der Waals surface area contributed by atoms with Gasteiger partial charge in [-0.05, 0) is 23.3 Å². The molecule has 0 fully saturated rings. The average Bonchev–Trinajstić information content (AvgIpc) is 2.87. The van der Waals surface area contributed by atoms with E-state index < -0.39 is 0 Å². The van der Waals surface area contributed by atoms with Gasteiger partial charge >= 0.3 is 0 Å². The van der Waals surface area contributed by atoms with E-state index in [2.05, 4.69) is 17.7 Å². The first kappa shape index (κ1) is 15.3. The molecule has 1 unspecified atom stereocenters. The average molecular weight is 369 g/mol. The number of benzene rings is 1. The molecule has 2 aliphatic heterocycles. The lowest BCUT2D eigenvalue weighted by Gasteiger charge is -2.27. The van der Waals surface area contributed by atoms with Crippen molar-refractivity contribution < 1.29 is 9.69 Å². The second-order valence-electron chi connectivity index (χ2n) is 6.07. The number of fused-ring (bicyclic) bond motifs is 3. The van der Waals surface area contributed by atoms with Crippen LogP contribution in [0.1, 0.15) is 32.5 Å². The fourth-order valence-electron chi connectivity index (χ4n) is 3.19. The Labute approximate surface area is 148 Å². The highest BCUT2D eigenvalue weighted by Crippen LogP contribution is 2.39. The number of rotatable bonds is 1. The third-order valence-corrected chi connectivity index (χ3v) is 6.31. The number of hydrogen-bond donors (Lipinski definition) is 3. The minimum atomic E-state index is -0.282. The Morgan fingerprint density at radius 1 is 1.26 bits per heavy atom. The molecular formula is C16H16Cl2N3OS+. The maximum Gasteiger partial charge on any atom is 0.256 e. The van der Waals surface area contributed by atoms with Gasteiger partial charge in [-0.15, -0.1) is 11.3 Å². The lowest BCUT2D eigenvalue weighted by Crippen LogP contribution is -3.08. The van der Waals surface area contributed by atoms with Crippen LogP contribution in [-0.2, 0) is 13.0 Å². The number of quaternary nitrogens is 1. The molecule has 0 bridgehead atoms. The molecule has 3 heterocycles. The van der Waals surface area contributed by atoms with Gasteiger partial charge in [-0.1, -0.05) is 29.3 Å². The van der Waals surface area contributed by atoms with E-state index in [9.17, 15) is 4.79 Å². The van der Waals surface area contributed by atoms with E-state index in [4.69, 9.17) is 23.2 Å². The molecule has 4 nitrogen and oxygen atoms in total. The molecular weight excluding hydrogens is 353 g/mol. The number of thiophene rings is 1. The highest BCUT2D eigenvalue weighted by molar-refractivity contribution is 7.16. The van der Waals surface area contributed by atoms with Gasteiger partial charge in [0.15, 0.2) is 0 Å². The molecule has 2 aromatic rings. The molecule has 2 atom stereocenters. The summed E-state index contributed by atoms with van der Waals surface area (Å²) in [5.74, 6) is -0.00752. The van der Waals surface area contributed by atoms with Gasteiger partial charge in [0.05, 0.1) is 34.1 Å². The number of likely N-dealkylation sites (N-methyl/N-ethyl adjacent to an activating group) is 1. The van der Waals surface area contributed by atoms with E-state index >= 15 is 0 Å². The maximum absolute atomic E-state index is 12.6. The summed E-state index contributed by atoms with van der Waals surface area (Å²) in [5.41, 5.74) is 2.94. The highest BCUT2D eigenvalue weighted by atomic mass is 35.5. The van der Waals surface area contributed by atoms with Gasteiger partial charge in [-0.25, -0.2) is 0 Å². The first-order chi connectivity index (χ1) is 11.0. The van der Waals surface area contributed by atoms with Crippen molar-refractivity contribution in [3.8, 4) is 0 Å². The first-order valence-corrected chi connectivity index (χ1v) is 9.08. The van der Waals surface area contributed by atoms with Gasteiger partial charge in [0.25, 0.3) is 5.91 Å². The van der Waals surface area contributed by atoms with Crippen LogP contribution in [0.5, 0.6) is 0 Å². The summed E-state index contributed by atoms with van der Waals surface area (Å²) >= 11 is 13.8. The van der Waals surface area contributed by atoms with Crippen molar-refractivity contribution in [1.29, 1.82) is 0 Å². The molecule has 1 amide bonds. The van der Waals surface area contributed by atoms with E-state index in [-0.39, 0.29) is 12.1 Å². The SMILES string of the molecule is C[NH+]1CCc2c(sc3c2C(=O)N[C@@H](c2ccc(Cl)c(Cl)c2)N3)C1. The zero-order valence-corrected chi connectivity index (χ0v) is 14.8. The van der Waals surface area contributed by atoms with Crippen molar-refractivity contribution in [2.75, 3.05) is 18.9 Å². The topological polar surface area (TPSA) is 45.6 Å². The molecule has 0 aliphatic carbocycles. The Morgan fingerprint density at radius 2 is 2.09 bits per heavy atom. The van der Waals surface area contributed by atoms with Crippen molar-refractivity contribution in [2.24, 2.45) is 0 Å². The van der Waals surface area contributed by atoms with Crippen molar-refractivity contribution in [3.63, 3.8) is 0 Å². The van der Waals surface area contributed by atoms with Gasteiger partial charge in [0, 0.05) is 6.42 Å². The molecule has 0 saturated heterocycles. The Kier molecular flexibility index (Phi) is 3.76. The number of anilines is 1. The van der Waals surface area contributed by atoms with E-state index in [1.165, 1.54) is 15.3 Å². The van der Waals surface area contributed by atoms with E-state index in [0.717, 1.165) is 35.6 Å². The van der Waals surface area contributed by atoms with Crippen molar-refractivity contribution in [3.05, 3.63) is 49.8 Å². The van der Waals surface area contributed by atoms with Crippen LogP contribution in [-0.4, -0.2) is 19.5 Å². The van der Waals surface area contributed by atoms with Crippen LogP contribution < -0.4 is 15.5 Å². The van der Waals surface area contributed by atoms with E-state index in [1.807, 2.05) is 6.07 Å². The van der Waals surface area contributed by atoms with Crippen LogP contribution in [0.3, 0.4) is 0 Å². The second-order valence-corrected chi connectivity index (χ2v) is 7.99. The van der Waals surface area contributed by atoms with Crippen LogP contribution in [0.2, 0.25) is 10.0 Å². The van der Waals surface area contributed by atoms with Crippen LogP contribution >= 0.6 is 34.5 Å². The van der Waals surface area contributed by atoms with Gasteiger partial charge in [-0.3, -0.25) is 4.79 Å². The molecule has 1 aromatic carbocycles. The number of carbonyl (C=O) groups excluding carboxylic acids is 1. The van der Waals surface area contributed by atoms with Crippen molar-refractivity contribution in [2.45, 2.75) is 19.1 Å². The zero-order valence-electron chi connectivity index (χ0n) is 12.5. The fraction of sp³-hybridized carbons (Fsp3) is 0.312. The highest BCUT2D eigenvalue weighted by Gasteiger charge is 2.33. The number of hydrogen-bond acceptors (Lipinski definition) is 3. The minimum absolute atomic E-state index is 0.00752. The Hall–Kier alpha value is -1.27. The van der Waals surface area contributed by atoms with Gasteiger partial charge < -0.3 is 15.5 Å². The summed E-state index contributed by atoms with van der Waals surface area (Å²) in [6, 6.07) is 5.42. The monoisotopic (exact) mass is 368 g/mol. The third kappa shape index (κ3) is 2.62. The van der Waals surface area contributed by atoms with Crippen LogP contribution in [0.25, 0.3) is 0 Å². The number of halogens is 2. The summed E-state index contributed by atoms with van der Waals surface area (Å²) in [4.78, 5) is 15.4. The molecule has 1 aromatic heterocycles. The normalized spacial score (nSPS) is 22.8. The molecule has 0 spiro atoms. The minimum Gasteiger partial charge on any atom is -0.353 e. The Bertz CT molecular complexity index is 805. The summed E-state index contributed by atoms with van der Waals surface area (Å²) < 4.78 is 0. The fourth-order valence-corrected chi connectivity index (χ4v) is 4.88. The zero-order chi connectivity index (χ0) is 16.1. The summed E-state index contributed by atoms with van der Waals surface area (Å²) in [6.07, 6.45) is 0.675. The van der Waals surface area contributed by atoms with E-state index in [0.29, 0.717) is 10.0 Å². The van der Waals surface area contributed by atoms with Crippen molar-refractivity contribution >= 4 is 45.4 Å². The first-order valence-electron chi connectivity index (χ1n) is 7.51. The molecule has 4 rings (SSSR count). The molecule has 0 saturated carbocycles. The van der Waals surface area contributed by atoms with Crippen LogP contribution in [0.4, 0.5) is 5.00 Å². The Morgan fingerprint density at radius 3 is 2.87 bits per heavy atom. The predicted molar refractivity (Wildman–Crippen MR) is 93.8 cm³/mol. The molecule has 23 heavy (non-hydrogen) atoms. The summed E-state index contributed by atoms with van der Waals surface area (Å²) in [7, 11) is 2.19. The molecule has 0 radical (unpaired) electrons. The standard InChI is InChI=1S/C16H15Cl2N3OS/c1-21-5-4-9-12(7-21)23-16-13(9)15(22)19-14(20-16)8-2-3-10(17)11(18)6-8/h2-3,6,14,20H,4-5,7H2,1H3,(H,19,22)/p+1/t14-/m1/s1. The maximum atomic E-state index is 12.6. The van der Waals surface area contributed by atoms with Crippen LogP contribution in [0, 0.1) is 0 Å². The molecule has 2 aliphatic rings. The molecule has 7 heteroatoms. The lowest BCUT2D eigenvalue weighted by atomic mass is 10.0. The van der Waals surface area contributed by atoms with Crippen molar-refractivity contribution in [1.82, 2.24) is 5.32 Å². The van der Waals surface area contributed by atoms with Gasteiger partial charge in [0.1, 0.15) is 17.7 Å². The largest absolute Gasteiger partial charge is 0.353 e. The number of nitrogens with one attached hydrogen (secondary N) is 3. The quantitative estimate of drug-likeness (QED) is 0.723. The summed E-state index contributed by atoms with van der Waals surface area (Å²) in [6.45, 7) is 2.05. The number of carbonyl (C=O) groups is 1. The van der Waals surface area contributed by atoms with Gasteiger partial charge in [0.2, 0.25) is 0 Å². The molecule has 3 N–H and O–H groups in total. The Balaban J connectivity index is 1.70. The number of amides is 1. The lowest BCUT2D eigenvalue weighted by molar-refractivity contribution is -0.895. The van der Waals surface area contributed by atoms with Crippen LogP contribution in [0.15, 0.2) is 18.2 Å². The molecule has 120 valence electrons. The predicted octanol–water partition coefficient (Wildman–Crippen LogP) is 2.48. The second kappa shape index (κ2) is 5.67.